The molecule has 2 saturated heterocycles. The Morgan fingerprint density at radius 1 is 1.27 bits per heavy atom. The molecule has 2 fully saturated rings. The van der Waals surface area contributed by atoms with Gasteiger partial charge in [0.05, 0.1) is 4.90 Å². The molecule has 2 aromatic rings. The van der Waals surface area contributed by atoms with Crippen LogP contribution in [0.1, 0.15) is 12.0 Å². The molecule has 1 N–H and O–H groups in total. The molecular weight excluding hydrogens is 298 g/mol. The number of benzene rings is 1. The topological polar surface area (TPSA) is 62.3 Å². The lowest BCUT2D eigenvalue weighted by atomic mass is 10.1. The van der Waals surface area contributed by atoms with Crippen LogP contribution in [-0.2, 0) is 10.0 Å². The number of rotatable bonds is 2. The molecule has 1 aromatic carbocycles. The zero-order chi connectivity index (χ0) is 15.3. The molecule has 2 aliphatic heterocycles. The molecule has 116 valence electrons. The highest BCUT2D eigenvalue weighted by molar-refractivity contribution is 7.89. The highest BCUT2D eigenvalue weighted by atomic mass is 32.2. The Morgan fingerprint density at radius 3 is 2.95 bits per heavy atom. The van der Waals surface area contributed by atoms with Crippen molar-refractivity contribution < 1.29 is 8.42 Å². The number of nitrogens with one attached hydrogen (secondary N) is 1. The van der Waals surface area contributed by atoms with Gasteiger partial charge in [-0.1, -0.05) is 12.1 Å². The van der Waals surface area contributed by atoms with E-state index in [-0.39, 0.29) is 0 Å². The molecule has 0 spiro atoms. The van der Waals surface area contributed by atoms with Crippen LogP contribution < -0.4 is 5.32 Å². The fourth-order valence-corrected chi connectivity index (χ4v) is 5.54. The van der Waals surface area contributed by atoms with E-state index in [4.69, 9.17) is 0 Å². The van der Waals surface area contributed by atoms with Gasteiger partial charge >= 0.3 is 0 Å². The summed E-state index contributed by atoms with van der Waals surface area (Å²) in [5.74, 6) is 0.451. The van der Waals surface area contributed by atoms with Gasteiger partial charge in [-0.05, 0) is 37.4 Å². The van der Waals surface area contributed by atoms with Gasteiger partial charge in [0.2, 0.25) is 10.0 Å². The average Bonchev–Trinajstić information content (AvgIpc) is 3.08. The van der Waals surface area contributed by atoms with Crippen molar-refractivity contribution >= 4 is 20.8 Å². The van der Waals surface area contributed by atoms with Crippen LogP contribution in [0.15, 0.2) is 35.5 Å². The van der Waals surface area contributed by atoms with Gasteiger partial charge in [-0.25, -0.2) is 8.42 Å². The smallest absolute Gasteiger partial charge is 0.243 e. The third-order valence-corrected chi connectivity index (χ3v) is 6.76. The van der Waals surface area contributed by atoms with Gasteiger partial charge in [0.25, 0.3) is 0 Å². The largest absolute Gasteiger partial charge is 0.312 e. The summed E-state index contributed by atoms with van der Waals surface area (Å²) in [5, 5.41) is 5.07. The SMILES string of the molecule is Cc1cncc2cccc(S(=O)(=O)N3C[C@@H]4CCN[C@@H]4C3)c12. The molecule has 0 bridgehead atoms. The van der Waals surface area contributed by atoms with Crippen LogP contribution in [0.3, 0.4) is 0 Å². The lowest BCUT2D eigenvalue weighted by Gasteiger charge is -2.19. The van der Waals surface area contributed by atoms with E-state index in [1.807, 2.05) is 13.0 Å². The predicted molar refractivity (Wildman–Crippen MR) is 85.1 cm³/mol. The van der Waals surface area contributed by atoms with Crippen LogP contribution >= 0.6 is 0 Å². The number of fused-ring (bicyclic) bond motifs is 2. The van der Waals surface area contributed by atoms with Crippen molar-refractivity contribution in [2.45, 2.75) is 24.3 Å². The fourth-order valence-electron chi connectivity index (χ4n) is 3.73. The number of pyridine rings is 1. The first kappa shape index (κ1) is 14.1. The van der Waals surface area contributed by atoms with E-state index in [0.717, 1.165) is 29.3 Å². The lowest BCUT2D eigenvalue weighted by molar-refractivity contribution is 0.449. The Morgan fingerprint density at radius 2 is 2.14 bits per heavy atom. The van der Waals surface area contributed by atoms with E-state index in [1.54, 1.807) is 28.8 Å². The minimum Gasteiger partial charge on any atom is -0.312 e. The second-order valence-corrected chi connectivity index (χ2v) is 8.15. The van der Waals surface area contributed by atoms with Gasteiger partial charge in [0.1, 0.15) is 0 Å². The van der Waals surface area contributed by atoms with Crippen molar-refractivity contribution in [3.8, 4) is 0 Å². The second kappa shape index (κ2) is 5.01. The van der Waals surface area contributed by atoms with Crippen molar-refractivity contribution in [3.05, 3.63) is 36.2 Å². The molecule has 5 nitrogen and oxygen atoms in total. The number of sulfonamides is 1. The number of hydrogen-bond donors (Lipinski definition) is 1. The summed E-state index contributed by atoms with van der Waals surface area (Å²) < 4.78 is 27.9. The van der Waals surface area contributed by atoms with Crippen molar-refractivity contribution in [2.75, 3.05) is 19.6 Å². The average molecular weight is 317 g/mol. The summed E-state index contributed by atoms with van der Waals surface area (Å²) in [7, 11) is -3.46. The number of nitrogens with zero attached hydrogens (tertiary/aromatic N) is 2. The zero-order valence-electron chi connectivity index (χ0n) is 12.5. The molecule has 1 aromatic heterocycles. The minimum atomic E-state index is -3.46. The zero-order valence-corrected chi connectivity index (χ0v) is 13.3. The van der Waals surface area contributed by atoms with E-state index < -0.39 is 10.0 Å². The Hall–Kier alpha value is -1.50. The summed E-state index contributed by atoms with van der Waals surface area (Å²) in [4.78, 5) is 4.57. The lowest BCUT2D eigenvalue weighted by Crippen LogP contribution is -2.34. The summed E-state index contributed by atoms with van der Waals surface area (Å²) in [6, 6.07) is 5.74. The molecule has 4 rings (SSSR count). The van der Waals surface area contributed by atoms with E-state index in [9.17, 15) is 8.42 Å². The van der Waals surface area contributed by atoms with E-state index in [2.05, 4.69) is 10.3 Å². The van der Waals surface area contributed by atoms with Gasteiger partial charge < -0.3 is 5.32 Å². The molecule has 0 unspecified atom stereocenters. The summed E-state index contributed by atoms with van der Waals surface area (Å²) in [5.41, 5.74) is 0.897. The summed E-state index contributed by atoms with van der Waals surface area (Å²) in [6.45, 7) is 4.12. The first-order chi connectivity index (χ1) is 10.6. The summed E-state index contributed by atoms with van der Waals surface area (Å²) >= 11 is 0. The van der Waals surface area contributed by atoms with Gasteiger partial charge in [-0.3, -0.25) is 4.98 Å². The second-order valence-electron chi connectivity index (χ2n) is 6.24. The highest BCUT2D eigenvalue weighted by Crippen LogP contribution is 2.33. The molecule has 3 heterocycles. The Labute approximate surface area is 130 Å². The Balaban J connectivity index is 1.81. The molecule has 2 atom stereocenters. The Kier molecular flexibility index (Phi) is 3.21. The van der Waals surface area contributed by atoms with Crippen LogP contribution in [0.5, 0.6) is 0 Å². The van der Waals surface area contributed by atoms with Crippen molar-refractivity contribution in [1.82, 2.24) is 14.6 Å². The maximum absolute atomic E-state index is 13.1. The standard InChI is InChI=1S/C16H19N3O2S/c1-11-7-17-8-12-3-2-4-15(16(11)12)22(20,21)19-9-13-5-6-18-14(13)10-19/h2-4,7-8,13-14,18H,5-6,9-10H2,1H3/t13-,14+/m0/s1. The maximum Gasteiger partial charge on any atom is 0.243 e. The van der Waals surface area contributed by atoms with Crippen LogP contribution in [0.25, 0.3) is 10.8 Å². The van der Waals surface area contributed by atoms with Gasteiger partial charge in [0.15, 0.2) is 0 Å². The molecule has 0 aliphatic carbocycles. The normalized spacial score (nSPS) is 25.7. The number of aromatic nitrogens is 1. The molecule has 2 aliphatic rings. The Bertz CT molecular complexity index is 817. The van der Waals surface area contributed by atoms with Crippen molar-refractivity contribution in [3.63, 3.8) is 0 Å². The predicted octanol–water partition coefficient (Wildman–Crippen LogP) is 1.53. The van der Waals surface area contributed by atoms with Gasteiger partial charge in [-0.2, -0.15) is 4.31 Å². The van der Waals surface area contributed by atoms with Crippen molar-refractivity contribution in [1.29, 1.82) is 0 Å². The minimum absolute atomic E-state index is 0.313. The number of aryl methyl sites for hydroxylation is 1. The third-order valence-electron chi connectivity index (χ3n) is 4.88. The van der Waals surface area contributed by atoms with E-state index >= 15 is 0 Å². The molecule has 0 saturated carbocycles. The summed E-state index contributed by atoms with van der Waals surface area (Å²) in [6.07, 6.45) is 4.51. The molecule has 0 amide bonds. The van der Waals surface area contributed by atoms with E-state index in [1.165, 1.54) is 0 Å². The van der Waals surface area contributed by atoms with Gasteiger partial charge in [0, 0.05) is 42.3 Å². The van der Waals surface area contributed by atoms with Crippen LogP contribution in [0.2, 0.25) is 0 Å². The van der Waals surface area contributed by atoms with Crippen LogP contribution in [-0.4, -0.2) is 43.4 Å². The molecular formula is C16H19N3O2S. The number of hydrogen-bond acceptors (Lipinski definition) is 4. The van der Waals surface area contributed by atoms with E-state index in [0.29, 0.717) is 29.9 Å². The fraction of sp³-hybridized carbons (Fsp3) is 0.438. The monoisotopic (exact) mass is 317 g/mol. The van der Waals surface area contributed by atoms with Crippen LogP contribution in [0.4, 0.5) is 0 Å². The first-order valence-corrected chi connectivity index (χ1v) is 9.08. The maximum atomic E-state index is 13.1. The van der Waals surface area contributed by atoms with Gasteiger partial charge in [-0.15, -0.1) is 0 Å². The van der Waals surface area contributed by atoms with Crippen molar-refractivity contribution in [2.24, 2.45) is 5.92 Å². The van der Waals surface area contributed by atoms with Crippen LogP contribution in [0, 0.1) is 12.8 Å². The molecule has 22 heavy (non-hydrogen) atoms. The quantitative estimate of drug-likeness (QED) is 0.912. The molecule has 6 heteroatoms. The first-order valence-electron chi connectivity index (χ1n) is 7.64. The molecule has 0 radical (unpaired) electrons. The third kappa shape index (κ3) is 2.06. The highest BCUT2D eigenvalue weighted by Gasteiger charge is 2.41.